The molecule has 2 N–H and O–H groups in total. The molecule has 0 radical (unpaired) electrons. The lowest BCUT2D eigenvalue weighted by atomic mass is 10.3. The normalized spacial score (nSPS) is 14.0. The lowest BCUT2D eigenvalue weighted by Crippen LogP contribution is -2.30. The number of carbonyl (C=O) groups is 1. The minimum Gasteiger partial charge on any atom is -0.484 e. The third-order valence-electron chi connectivity index (χ3n) is 3.47. The maximum atomic E-state index is 12.3. The molecule has 3 rings (SSSR count). The molecular formula is C17H18N2O4S. The highest BCUT2D eigenvalue weighted by atomic mass is 32.2. The molecule has 0 bridgehead atoms. The summed E-state index contributed by atoms with van der Waals surface area (Å²) in [5.74, 6) is 0.277. The van der Waals surface area contributed by atoms with Crippen LogP contribution >= 0.6 is 0 Å². The van der Waals surface area contributed by atoms with Crippen LogP contribution in [0, 0.1) is 0 Å². The van der Waals surface area contributed by atoms with Crippen molar-refractivity contribution in [3.8, 4) is 5.75 Å². The molecule has 0 aliphatic heterocycles. The number of sulfonamides is 1. The molecule has 0 unspecified atom stereocenters. The molecule has 1 amide bonds. The van der Waals surface area contributed by atoms with Gasteiger partial charge in [-0.2, -0.15) is 0 Å². The van der Waals surface area contributed by atoms with Crippen molar-refractivity contribution in [3.63, 3.8) is 0 Å². The minimum atomic E-state index is -3.65. The van der Waals surface area contributed by atoms with Crippen molar-refractivity contribution in [3.05, 3.63) is 54.6 Å². The molecule has 126 valence electrons. The smallest absolute Gasteiger partial charge is 0.261 e. The maximum absolute atomic E-state index is 12.3. The predicted octanol–water partition coefficient (Wildman–Crippen LogP) is 2.14. The van der Waals surface area contributed by atoms with Crippen LogP contribution in [0.3, 0.4) is 0 Å². The molecule has 1 aliphatic carbocycles. The Morgan fingerprint density at radius 2 is 1.71 bits per heavy atom. The lowest BCUT2D eigenvalue weighted by Gasteiger charge is -2.09. The van der Waals surface area contributed by atoms with Gasteiger partial charge in [0.1, 0.15) is 5.75 Å². The van der Waals surface area contributed by atoms with Gasteiger partial charge < -0.3 is 10.1 Å². The summed E-state index contributed by atoms with van der Waals surface area (Å²) in [6, 6.07) is 14.9. The Hall–Kier alpha value is -2.54. The first-order valence-corrected chi connectivity index (χ1v) is 9.11. The molecule has 0 spiro atoms. The van der Waals surface area contributed by atoms with Gasteiger partial charge in [0.2, 0.25) is 0 Å². The number of benzene rings is 2. The number of rotatable bonds is 7. The van der Waals surface area contributed by atoms with Gasteiger partial charge in [-0.15, -0.1) is 0 Å². The van der Waals surface area contributed by atoms with Gasteiger partial charge in [-0.3, -0.25) is 9.52 Å². The topological polar surface area (TPSA) is 84.5 Å². The molecule has 1 fully saturated rings. The third kappa shape index (κ3) is 4.48. The summed E-state index contributed by atoms with van der Waals surface area (Å²) < 4.78 is 32.4. The van der Waals surface area contributed by atoms with E-state index in [1.54, 1.807) is 24.3 Å². The fraction of sp³-hybridized carbons (Fsp3) is 0.235. The van der Waals surface area contributed by atoms with E-state index in [0.717, 1.165) is 12.8 Å². The molecule has 1 saturated carbocycles. The van der Waals surface area contributed by atoms with Crippen LogP contribution in [0.1, 0.15) is 12.8 Å². The summed E-state index contributed by atoms with van der Waals surface area (Å²) in [7, 11) is -3.65. The van der Waals surface area contributed by atoms with Crippen LogP contribution < -0.4 is 14.8 Å². The van der Waals surface area contributed by atoms with E-state index >= 15 is 0 Å². The van der Waals surface area contributed by atoms with Crippen molar-refractivity contribution in [2.24, 2.45) is 0 Å². The molecule has 0 heterocycles. The molecule has 0 saturated heterocycles. The van der Waals surface area contributed by atoms with Gasteiger partial charge in [0.05, 0.1) is 4.90 Å². The second-order valence-corrected chi connectivity index (χ2v) is 7.26. The zero-order valence-electron chi connectivity index (χ0n) is 12.9. The number of nitrogens with one attached hydrogen (secondary N) is 2. The van der Waals surface area contributed by atoms with Crippen LogP contribution in [0.2, 0.25) is 0 Å². The largest absolute Gasteiger partial charge is 0.484 e. The first-order chi connectivity index (χ1) is 11.5. The standard InChI is InChI=1S/C17H18N2O4S/c20-17(18-13-6-7-13)12-23-15-8-10-16(11-9-15)24(21,22)19-14-4-2-1-3-5-14/h1-5,8-11,13,19H,6-7,12H2,(H,18,20). The van der Waals surface area contributed by atoms with E-state index in [1.807, 2.05) is 6.07 Å². The Morgan fingerprint density at radius 3 is 2.33 bits per heavy atom. The monoisotopic (exact) mass is 346 g/mol. The van der Waals surface area contributed by atoms with Crippen LogP contribution in [-0.2, 0) is 14.8 Å². The van der Waals surface area contributed by atoms with Crippen LogP contribution in [0.4, 0.5) is 5.69 Å². The highest BCUT2D eigenvalue weighted by Gasteiger charge is 2.23. The van der Waals surface area contributed by atoms with Gasteiger partial charge in [-0.25, -0.2) is 8.42 Å². The quantitative estimate of drug-likeness (QED) is 0.804. The van der Waals surface area contributed by atoms with Gasteiger partial charge in [0.15, 0.2) is 6.61 Å². The summed E-state index contributed by atoms with van der Waals surface area (Å²) in [5.41, 5.74) is 0.495. The maximum Gasteiger partial charge on any atom is 0.261 e. The molecule has 1 aliphatic rings. The van der Waals surface area contributed by atoms with E-state index in [2.05, 4.69) is 10.0 Å². The fourth-order valence-corrected chi connectivity index (χ4v) is 3.14. The molecule has 0 atom stereocenters. The summed E-state index contributed by atoms with van der Waals surface area (Å²) in [6.07, 6.45) is 2.04. The van der Waals surface area contributed by atoms with E-state index in [4.69, 9.17) is 4.74 Å². The van der Waals surface area contributed by atoms with Crippen LogP contribution in [0.15, 0.2) is 59.5 Å². The Kier molecular flexibility index (Phi) is 4.71. The average molecular weight is 346 g/mol. The van der Waals surface area contributed by atoms with Gasteiger partial charge in [0, 0.05) is 11.7 Å². The van der Waals surface area contributed by atoms with E-state index in [-0.39, 0.29) is 23.5 Å². The van der Waals surface area contributed by atoms with Crippen LogP contribution in [-0.4, -0.2) is 27.0 Å². The number of amides is 1. The van der Waals surface area contributed by atoms with Crippen molar-refractivity contribution >= 4 is 21.6 Å². The molecule has 24 heavy (non-hydrogen) atoms. The number of anilines is 1. The van der Waals surface area contributed by atoms with E-state index in [0.29, 0.717) is 11.4 Å². The summed E-state index contributed by atoms with van der Waals surface area (Å²) >= 11 is 0. The van der Waals surface area contributed by atoms with Crippen molar-refractivity contribution in [2.45, 2.75) is 23.8 Å². The van der Waals surface area contributed by atoms with Crippen molar-refractivity contribution < 1.29 is 17.9 Å². The number of ether oxygens (including phenoxy) is 1. The number of hydrogen-bond donors (Lipinski definition) is 2. The molecule has 2 aromatic rings. The Labute approximate surface area is 140 Å². The van der Waals surface area contributed by atoms with Crippen molar-refractivity contribution in [2.75, 3.05) is 11.3 Å². The van der Waals surface area contributed by atoms with E-state index < -0.39 is 10.0 Å². The number of carbonyl (C=O) groups excluding carboxylic acids is 1. The molecule has 2 aromatic carbocycles. The average Bonchev–Trinajstić information content (AvgIpc) is 3.38. The highest BCUT2D eigenvalue weighted by Crippen LogP contribution is 2.20. The van der Waals surface area contributed by atoms with Gasteiger partial charge in [-0.05, 0) is 49.2 Å². The highest BCUT2D eigenvalue weighted by molar-refractivity contribution is 7.92. The van der Waals surface area contributed by atoms with Crippen LogP contribution in [0.5, 0.6) is 5.75 Å². The van der Waals surface area contributed by atoms with Gasteiger partial charge >= 0.3 is 0 Å². The summed E-state index contributed by atoms with van der Waals surface area (Å²) in [4.78, 5) is 11.7. The zero-order chi connectivity index (χ0) is 17.0. The first kappa shape index (κ1) is 16.3. The van der Waals surface area contributed by atoms with Crippen LogP contribution in [0.25, 0.3) is 0 Å². The third-order valence-corrected chi connectivity index (χ3v) is 4.87. The lowest BCUT2D eigenvalue weighted by molar-refractivity contribution is -0.123. The first-order valence-electron chi connectivity index (χ1n) is 7.63. The van der Waals surface area contributed by atoms with Gasteiger partial charge in [-0.1, -0.05) is 18.2 Å². The van der Waals surface area contributed by atoms with Crippen molar-refractivity contribution in [1.29, 1.82) is 0 Å². The summed E-state index contributed by atoms with van der Waals surface area (Å²) in [5, 5.41) is 2.82. The Balaban J connectivity index is 1.59. The summed E-state index contributed by atoms with van der Waals surface area (Å²) in [6.45, 7) is -0.0785. The molecular weight excluding hydrogens is 328 g/mol. The molecule has 7 heteroatoms. The minimum absolute atomic E-state index is 0.0785. The molecule has 0 aromatic heterocycles. The molecule has 6 nitrogen and oxygen atoms in total. The van der Waals surface area contributed by atoms with E-state index in [9.17, 15) is 13.2 Å². The number of hydrogen-bond acceptors (Lipinski definition) is 4. The fourth-order valence-electron chi connectivity index (χ4n) is 2.08. The van der Waals surface area contributed by atoms with Gasteiger partial charge in [0.25, 0.3) is 15.9 Å². The number of para-hydroxylation sites is 1. The Bertz CT molecular complexity index is 800. The van der Waals surface area contributed by atoms with E-state index in [1.165, 1.54) is 24.3 Å². The van der Waals surface area contributed by atoms with Crippen molar-refractivity contribution in [1.82, 2.24) is 5.32 Å². The predicted molar refractivity (Wildman–Crippen MR) is 90.4 cm³/mol. The zero-order valence-corrected chi connectivity index (χ0v) is 13.8. The Morgan fingerprint density at radius 1 is 1.04 bits per heavy atom. The second-order valence-electron chi connectivity index (χ2n) is 5.57. The second kappa shape index (κ2) is 6.92. The SMILES string of the molecule is O=C(COc1ccc(S(=O)(=O)Nc2ccccc2)cc1)NC1CC1.